The maximum absolute atomic E-state index is 13.5. The number of halogens is 1. The Kier molecular flexibility index (Phi) is 6.42. The predicted molar refractivity (Wildman–Crippen MR) is 108 cm³/mol. The first-order valence-electron chi connectivity index (χ1n) is 8.61. The van der Waals surface area contributed by atoms with E-state index in [4.69, 9.17) is 10.5 Å². The summed E-state index contributed by atoms with van der Waals surface area (Å²) in [5.41, 5.74) is 8.60. The molecule has 0 aliphatic carbocycles. The number of nitrogens with two attached hydrogens (primary N) is 1. The lowest BCUT2D eigenvalue weighted by atomic mass is 10.1. The number of rotatable bonds is 6. The highest BCUT2D eigenvalue weighted by Gasteiger charge is 2.14. The van der Waals surface area contributed by atoms with Crippen molar-refractivity contribution in [3.63, 3.8) is 0 Å². The molecule has 0 fully saturated rings. The van der Waals surface area contributed by atoms with Crippen molar-refractivity contribution < 1.29 is 13.9 Å². The molecule has 0 saturated carbocycles. The van der Waals surface area contributed by atoms with Gasteiger partial charge in [-0.15, -0.1) is 0 Å². The van der Waals surface area contributed by atoms with Gasteiger partial charge in [0.25, 0.3) is 0 Å². The second-order valence-corrected chi connectivity index (χ2v) is 7.05. The van der Waals surface area contributed by atoms with Crippen LogP contribution < -0.4 is 5.73 Å². The molecule has 0 atom stereocenters. The number of thioether (sulfide) groups is 1. The fourth-order valence-electron chi connectivity index (χ4n) is 2.71. The number of aromatic nitrogens is 2. The summed E-state index contributed by atoms with van der Waals surface area (Å²) in [5.74, 6) is -0.189. The van der Waals surface area contributed by atoms with E-state index in [-0.39, 0.29) is 23.6 Å². The van der Waals surface area contributed by atoms with Crippen LogP contribution in [0.1, 0.15) is 32.7 Å². The van der Waals surface area contributed by atoms with Crippen LogP contribution in [0.25, 0.3) is 0 Å². The van der Waals surface area contributed by atoms with Gasteiger partial charge in [-0.1, -0.05) is 36.0 Å². The number of nitrogen functional groups attached to an aromatic ring is 1. The van der Waals surface area contributed by atoms with Crippen LogP contribution in [0.5, 0.6) is 0 Å². The molecule has 2 N–H and O–H groups in total. The maximum atomic E-state index is 13.5. The molecule has 29 heavy (non-hydrogen) atoms. The molecule has 0 saturated heterocycles. The number of benzene rings is 2. The van der Waals surface area contributed by atoms with Gasteiger partial charge in [-0.05, 0) is 35.4 Å². The molecule has 2 aromatic carbocycles. The van der Waals surface area contributed by atoms with Gasteiger partial charge in [0.1, 0.15) is 23.3 Å². The summed E-state index contributed by atoms with van der Waals surface area (Å²) in [6, 6.07) is 15.2. The zero-order valence-electron chi connectivity index (χ0n) is 15.6. The van der Waals surface area contributed by atoms with E-state index < -0.39 is 5.97 Å². The molecule has 6 nitrogen and oxygen atoms in total. The molecule has 1 heterocycles. The van der Waals surface area contributed by atoms with E-state index in [1.165, 1.54) is 31.0 Å². The lowest BCUT2D eigenvalue weighted by Gasteiger charge is -2.09. The Hall–Kier alpha value is -3.44. The summed E-state index contributed by atoms with van der Waals surface area (Å²) in [6.07, 6.45) is 0.263. The van der Waals surface area contributed by atoms with Crippen molar-refractivity contribution in [1.29, 1.82) is 5.26 Å². The largest absolute Gasteiger partial charge is 0.465 e. The Bertz CT molecular complexity index is 1100. The van der Waals surface area contributed by atoms with Crippen molar-refractivity contribution in [3.8, 4) is 6.07 Å². The van der Waals surface area contributed by atoms with Gasteiger partial charge in [-0.3, -0.25) is 0 Å². The summed E-state index contributed by atoms with van der Waals surface area (Å²) in [4.78, 5) is 20.3. The third kappa shape index (κ3) is 5.09. The first-order chi connectivity index (χ1) is 14.0. The Morgan fingerprint density at radius 3 is 2.69 bits per heavy atom. The van der Waals surface area contributed by atoms with Gasteiger partial charge in [-0.25, -0.2) is 19.2 Å². The fraction of sp³-hybridized carbons (Fsp3) is 0.143. The quantitative estimate of drug-likeness (QED) is 0.376. The minimum Gasteiger partial charge on any atom is -0.465 e. The highest BCUT2D eigenvalue weighted by molar-refractivity contribution is 7.98. The molecule has 146 valence electrons. The van der Waals surface area contributed by atoms with Crippen molar-refractivity contribution in [3.05, 3.63) is 82.3 Å². The Morgan fingerprint density at radius 1 is 1.21 bits per heavy atom. The number of carbonyl (C=O) groups is 1. The number of hydrogen-bond donors (Lipinski definition) is 1. The number of anilines is 1. The van der Waals surface area contributed by atoms with E-state index in [9.17, 15) is 14.4 Å². The van der Waals surface area contributed by atoms with E-state index in [0.717, 1.165) is 5.56 Å². The van der Waals surface area contributed by atoms with Crippen molar-refractivity contribution >= 4 is 23.5 Å². The molecule has 3 rings (SSSR count). The number of carbonyl (C=O) groups excluding carboxylic acids is 1. The molecular weight excluding hydrogens is 391 g/mol. The second-order valence-electron chi connectivity index (χ2n) is 6.11. The number of nitrogens with zero attached hydrogens (tertiary/aromatic N) is 3. The summed E-state index contributed by atoms with van der Waals surface area (Å²) >= 11 is 1.32. The molecule has 1 aromatic heterocycles. The minimum absolute atomic E-state index is 0.0831. The number of hydrogen-bond acceptors (Lipinski definition) is 7. The third-order valence-corrected chi connectivity index (χ3v) is 5.00. The SMILES string of the molecule is COC(=O)c1cccc(CSc2nc(N)c(C#N)c(Cc3cccc(F)c3)n2)c1. The fourth-order valence-corrected chi connectivity index (χ4v) is 3.52. The average molecular weight is 408 g/mol. The van der Waals surface area contributed by atoms with Crippen LogP contribution in [-0.4, -0.2) is 23.0 Å². The highest BCUT2D eigenvalue weighted by Crippen LogP contribution is 2.25. The van der Waals surface area contributed by atoms with Gasteiger partial charge >= 0.3 is 5.97 Å². The first-order valence-corrected chi connectivity index (χ1v) is 9.59. The first kappa shape index (κ1) is 20.3. The van der Waals surface area contributed by atoms with Crippen molar-refractivity contribution in [2.24, 2.45) is 0 Å². The van der Waals surface area contributed by atoms with Crippen LogP contribution in [0, 0.1) is 17.1 Å². The molecule has 0 aliphatic heterocycles. The van der Waals surface area contributed by atoms with Crippen LogP contribution in [0.2, 0.25) is 0 Å². The minimum atomic E-state index is -0.409. The molecule has 0 bridgehead atoms. The van der Waals surface area contributed by atoms with Crippen LogP contribution in [0.4, 0.5) is 10.2 Å². The maximum Gasteiger partial charge on any atom is 0.337 e. The Balaban J connectivity index is 1.82. The summed E-state index contributed by atoms with van der Waals surface area (Å²) in [6.45, 7) is 0. The highest BCUT2D eigenvalue weighted by atomic mass is 32.2. The zero-order valence-corrected chi connectivity index (χ0v) is 16.4. The van der Waals surface area contributed by atoms with Crippen LogP contribution >= 0.6 is 11.8 Å². The van der Waals surface area contributed by atoms with E-state index in [2.05, 4.69) is 9.97 Å². The van der Waals surface area contributed by atoms with Crippen molar-refractivity contribution in [2.45, 2.75) is 17.3 Å². The Morgan fingerprint density at radius 2 is 1.97 bits per heavy atom. The lowest BCUT2D eigenvalue weighted by molar-refractivity contribution is 0.0600. The van der Waals surface area contributed by atoms with Crippen molar-refractivity contribution in [1.82, 2.24) is 9.97 Å². The zero-order chi connectivity index (χ0) is 20.8. The number of esters is 1. The van der Waals surface area contributed by atoms with E-state index >= 15 is 0 Å². The number of methoxy groups -OCH3 is 1. The molecule has 0 spiro atoms. The molecular formula is C21H17FN4O2S. The standard InChI is InChI=1S/C21H17FN4O2S/c1-28-20(27)15-6-2-5-14(8-15)12-29-21-25-18(17(11-23)19(24)26-21)10-13-4-3-7-16(22)9-13/h2-9H,10,12H2,1H3,(H2,24,25,26). The van der Waals surface area contributed by atoms with E-state index in [1.54, 1.807) is 30.3 Å². The molecule has 0 radical (unpaired) electrons. The van der Waals surface area contributed by atoms with Gasteiger partial charge in [-0.2, -0.15) is 5.26 Å². The smallest absolute Gasteiger partial charge is 0.337 e. The summed E-state index contributed by atoms with van der Waals surface area (Å²) in [5, 5.41) is 9.80. The molecule has 3 aromatic rings. The second kappa shape index (κ2) is 9.17. The molecule has 8 heteroatoms. The predicted octanol–water partition coefficient (Wildman–Crippen LogP) is 3.74. The van der Waals surface area contributed by atoms with Crippen LogP contribution in [0.3, 0.4) is 0 Å². The Labute approximate surface area is 171 Å². The summed E-state index contributed by atoms with van der Waals surface area (Å²) in [7, 11) is 1.33. The van der Waals surface area contributed by atoms with Crippen LogP contribution in [0.15, 0.2) is 53.7 Å². The molecule has 0 aliphatic rings. The van der Waals surface area contributed by atoms with Gasteiger partial charge < -0.3 is 10.5 Å². The number of nitriles is 1. The van der Waals surface area contributed by atoms with Crippen LogP contribution in [-0.2, 0) is 16.9 Å². The number of ether oxygens (including phenoxy) is 1. The topological polar surface area (TPSA) is 102 Å². The normalized spacial score (nSPS) is 10.4. The van der Waals surface area contributed by atoms with Gasteiger partial charge in [0, 0.05) is 12.2 Å². The van der Waals surface area contributed by atoms with Gasteiger partial charge in [0.2, 0.25) is 0 Å². The third-order valence-electron chi connectivity index (χ3n) is 4.08. The molecule has 0 unspecified atom stereocenters. The van der Waals surface area contributed by atoms with Crippen molar-refractivity contribution in [2.75, 3.05) is 12.8 Å². The van der Waals surface area contributed by atoms with E-state index in [0.29, 0.717) is 27.7 Å². The summed E-state index contributed by atoms with van der Waals surface area (Å²) < 4.78 is 18.2. The monoisotopic (exact) mass is 408 g/mol. The molecule has 0 amide bonds. The average Bonchev–Trinajstić information content (AvgIpc) is 2.72. The van der Waals surface area contributed by atoms with E-state index in [1.807, 2.05) is 12.1 Å². The van der Waals surface area contributed by atoms with Gasteiger partial charge in [0.15, 0.2) is 5.16 Å². The lowest BCUT2D eigenvalue weighted by Crippen LogP contribution is -2.06. The van der Waals surface area contributed by atoms with Gasteiger partial charge in [0.05, 0.1) is 18.4 Å².